The van der Waals surface area contributed by atoms with Crippen molar-refractivity contribution >= 4 is 5.97 Å². The summed E-state index contributed by atoms with van der Waals surface area (Å²) in [6.07, 6.45) is 1.61. The fraction of sp³-hybridized carbons (Fsp3) is 0.800. The average molecular weight is 260 g/mol. The minimum absolute atomic E-state index is 0. The molecule has 0 spiro atoms. The third-order valence-electron chi connectivity index (χ3n) is 2.10. The van der Waals surface area contributed by atoms with Crippen LogP contribution in [0.1, 0.15) is 47.5 Å². The summed E-state index contributed by atoms with van der Waals surface area (Å²) in [4.78, 5) is 11.3. The molecule has 0 amide bonds. The van der Waals surface area contributed by atoms with Gasteiger partial charge in [0.05, 0.1) is 0 Å². The molecule has 0 saturated heterocycles. The van der Waals surface area contributed by atoms with E-state index in [0.29, 0.717) is 0 Å². The summed E-state index contributed by atoms with van der Waals surface area (Å²) in [5.74, 6) is 0.626. The van der Waals surface area contributed by atoms with Gasteiger partial charge in [-0.3, -0.25) is 10.7 Å². The summed E-state index contributed by atoms with van der Waals surface area (Å²) in [6.45, 7) is 9.62. The summed E-state index contributed by atoms with van der Waals surface area (Å²) in [5, 5.41) is 0. The average Bonchev–Trinajstić information content (AvgIpc) is 2.02. The third-order valence-corrected chi connectivity index (χ3v) is 2.10. The van der Waals surface area contributed by atoms with E-state index in [1.54, 1.807) is 0 Å². The van der Waals surface area contributed by atoms with Gasteiger partial charge in [0, 0.05) is 0 Å². The van der Waals surface area contributed by atoms with Crippen molar-refractivity contribution < 1.29 is 42.2 Å². The smallest absolute Gasteiger partial charge is 0.482 e. The minimum Gasteiger partial charge on any atom is -0.482 e. The Kier molecular flexibility index (Phi) is 8.35. The monoisotopic (exact) mass is 260 g/mol. The van der Waals surface area contributed by atoms with Crippen molar-refractivity contribution in [2.75, 3.05) is 0 Å². The van der Waals surface area contributed by atoms with Gasteiger partial charge in [0.1, 0.15) is 5.60 Å². The van der Waals surface area contributed by atoms with E-state index in [9.17, 15) is 4.79 Å². The van der Waals surface area contributed by atoms with E-state index in [2.05, 4.69) is 0 Å². The van der Waals surface area contributed by atoms with Crippen LogP contribution in [-0.4, -0.2) is 11.6 Å². The van der Waals surface area contributed by atoms with Gasteiger partial charge in [0.25, 0.3) is 0 Å². The Bertz CT molecular complexity index is 155. The van der Waals surface area contributed by atoms with Gasteiger partial charge in [0.2, 0.25) is 0 Å². The second-order valence-corrected chi connectivity index (χ2v) is 3.64. The zero-order valence-electron chi connectivity index (χ0n) is 9.31. The summed E-state index contributed by atoms with van der Waals surface area (Å²) in [7, 11) is 0. The maximum atomic E-state index is 11.3. The number of rotatable bonds is 4. The predicted molar refractivity (Wildman–Crippen MR) is 49.7 cm³/mol. The summed E-state index contributed by atoms with van der Waals surface area (Å²) < 4.78 is 5.26. The molecular formula is C10H19O2Y+2. The van der Waals surface area contributed by atoms with Crippen LogP contribution < -0.4 is 0 Å². The van der Waals surface area contributed by atoms with E-state index in [1.807, 2.05) is 34.6 Å². The van der Waals surface area contributed by atoms with Crippen LogP contribution in [0.3, 0.4) is 0 Å². The first kappa shape index (κ1) is 15.9. The Morgan fingerprint density at radius 1 is 1.38 bits per heavy atom. The van der Waals surface area contributed by atoms with Crippen LogP contribution in [0.15, 0.2) is 0 Å². The molecule has 0 fully saturated rings. The number of esters is 1. The number of hydrogen-bond donors (Lipinski definition) is 0. The molecule has 3 heteroatoms. The molecule has 0 N–H and O–H groups in total. The number of carbonyl (C=O) groups excluding carboxylic acids is 1. The van der Waals surface area contributed by atoms with Crippen LogP contribution >= 0.6 is 0 Å². The normalized spacial score (nSPS) is 10.2. The van der Waals surface area contributed by atoms with Crippen molar-refractivity contribution in [3.05, 3.63) is 5.92 Å². The molecule has 0 aromatic heterocycles. The van der Waals surface area contributed by atoms with Crippen LogP contribution in [0.4, 0.5) is 0 Å². The predicted octanol–water partition coefficient (Wildman–Crippen LogP) is 2.72. The topological polar surface area (TPSA) is 26.3 Å². The van der Waals surface area contributed by atoms with Crippen LogP contribution in [0.25, 0.3) is 0 Å². The molecular weight excluding hydrogens is 241 g/mol. The number of hydrogen-bond acceptors (Lipinski definition) is 2. The largest absolute Gasteiger partial charge is 3.00 e. The van der Waals surface area contributed by atoms with Gasteiger partial charge >= 0.3 is 32.7 Å². The zero-order valence-corrected chi connectivity index (χ0v) is 12.1. The Morgan fingerprint density at radius 2 is 1.85 bits per heavy atom. The minimum atomic E-state index is -0.326. The molecule has 13 heavy (non-hydrogen) atoms. The molecule has 0 saturated carbocycles. The van der Waals surface area contributed by atoms with Crippen molar-refractivity contribution in [3.63, 3.8) is 0 Å². The Balaban J connectivity index is 0. The second kappa shape index (κ2) is 6.83. The van der Waals surface area contributed by atoms with E-state index in [1.165, 1.54) is 0 Å². The molecule has 0 atom stereocenters. The first-order valence-electron chi connectivity index (χ1n) is 4.48. The number of carbonyl (C=O) groups is 1. The first-order chi connectivity index (χ1) is 5.43. The molecule has 0 aromatic rings. The maximum absolute atomic E-state index is 11.3. The van der Waals surface area contributed by atoms with Crippen molar-refractivity contribution in [1.29, 1.82) is 0 Å². The summed E-state index contributed by atoms with van der Waals surface area (Å²) in [5.41, 5.74) is -0.326. The fourth-order valence-electron chi connectivity index (χ4n) is 0.555. The quantitative estimate of drug-likeness (QED) is 0.574. The zero-order chi connectivity index (χ0) is 9.78. The van der Waals surface area contributed by atoms with Crippen molar-refractivity contribution in [1.82, 2.24) is 0 Å². The van der Waals surface area contributed by atoms with Gasteiger partial charge in [-0.25, -0.2) is 0 Å². The van der Waals surface area contributed by atoms with Gasteiger partial charge in [-0.15, -0.1) is 0 Å². The van der Waals surface area contributed by atoms with E-state index in [0.717, 1.165) is 18.8 Å². The molecule has 0 heterocycles. The van der Waals surface area contributed by atoms with Crippen LogP contribution in [0, 0.1) is 5.92 Å². The van der Waals surface area contributed by atoms with E-state index in [-0.39, 0.29) is 44.3 Å². The molecule has 0 rings (SSSR count). The first-order valence-corrected chi connectivity index (χ1v) is 4.48. The van der Waals surface area contributed by atoms with E-state index < -0.39 is 0 Å². The van der Waals surface area contributed by atoms with Crippen molar-refractivity contribution in [2.24, 2.45) is 0 Å². The summed E-state index contributed by atoms with van der Waals surface area (Å²) in [6, 6.07) is 0. The van der Waals surface area contributed by atoms with Crippen LogP contribution in [-0.2, 0) is 42.2 Å². The molecule has 0 aliphatic rings. The van der Waals surface area contributed by atoms with Gasteiger partial charge in [-0.05, 0) is 20.3 Å². The van der Waals surface area contributed by atoms with E-state index >= 15 is 0 Å². The molecule has 0 aliphatic heterocycles. The Hall–Kier alpha value is 0.444. The Labute approximate surface area is 107 Å². The third kappa shape index (κ3) is 6.51. The van der Waals surface area contributed by atoms with Gasteiger partial charge < -0.3 is 4.74 Å². The Morgan fingerprint density at radius 3 is 2.15 bits per heavy atom. The van der Waals surface area contributed by atoms with Gasteiger partial charge in [0.15, 0.2) is 5.97 Å². The van der Waals surface area contributed by atoms with Crippen molar-refractivity contribution in [2.45, 2.75) is 53.1 Å². The summed E-state index contributed by atoms with van der Waals surface area (Å²) >= 11 is 0. The molecule has 2 nitrogen and oxygen atoms in total. The maximum Gasteiger partial charge on any atom is 3.00 e. The molecule has 0 bridgehead atoms. The van der Waals surface area contributed by atoms with Gasteiger partial charge in [-0.2, -0.15) is 13.3 Å². The molecule has 0 aliphatic carbocycles. The second-order valence-electron chi connectivity index (χ2n) is 3.64. The molecule has 0 unspecified atom stereocenters. The molecule has 72 valence electrons. The van der Waals surface area contributed by atoms with Crippen LogP contribution in [0.2, 0.25) is 0 Å². The fourth-order valence-corrected chi connectivity index (χ4v) is 0.555. The van der Waals surface area contributed by atoms with Crippen molar-refractivity contribution in [3.8, 4) is 0 Å². The molecule has 0 aromatic carbocycles. The standard InChI is InChI=1S/C10H19O2.Y/c1-6-8(3)9(11)12-10(4,5)7-2;/h6-7H2,1-5H3;/q-1;+3. The molecule has 0 radical (unpaired) electrons. The van der Waals surface area contributed by atoms with E-state index in [4.69, 9.17) is 4.74 Å². The van der Waals surface area contributed by atoms with Gasteiger partial charge in [-0.1, -0.05) is 13.8 Å². The SMILES string of the molecule is CC[C-](C)C(=O)OC(C)(C)CC.[Y+3]. The number of ether oxygens (including phenoxy) is 1. The van der Waals surface area contributed by atoms with Crippen LogP contribution in [0.5, 0.6) is 0 Å².